The van der Waals surface area contributed by atoms with Gasteiger partial charge in [-0.1, -0.05) is 0 Å². The van der Waals surface area contributed by atoms with Crippen LogP contribution in [-0.4, -0.2) is 32.3 Å². The van der Waals surface area contributed by atoms with E-state index in [1.54, 1.807) is 6.92 Å². The lowest BCUT2D eigenvalue weighted by Gasteiger charge is -2.21. The number of carbonyl (C=O) groups is 1. The maximum absolute atomic E-state index is 12.8. The van der Waals surface area contributed by atoms with Crippen molar-refractivity contribution in [1.29, 1.82) is 0 Å². The lowest BCUT2D eigenvalue weighted by Crippen LogP contribution is -2.23. The summed E-state index contributed by atoms with van der Waals surface area (Å²) in [6.45, 7) is -0.154. The Kier molecular flexibility index (Phi) is 5.24. The van der Waals surface area contributed by atoms with Gasteiger partial charge in [0, 0.05) is 29.4 Å². The minimum absolute atomic E-state index is 0.0948. The van der Waals surface area contributed by atoms with Gasteiger partial charge in [-0.3, -0.25) is 4.79 Å². The van der Waals surface area contributed by atoms with Gasteiger partial charge >= 0.3 is 6.61 Å². The Morgan fingerprint density at radius 1 is 1.21 bits per heavy atom. The fraction of sp³-hybridized carbons (Fsp3) is 0.286. The van der Waals surface area contributed by atoms with Gasteiger partial charge < -0.3 is 24.3 Å². The van der Waals surface area contributed by atoms with Crippen LogP contribution in [0.5, 0.6) is 23.0 Å². The first kappa shape index (κ1) is 19.0. The number of halogens is 2. The number of benzene rings is 2. The van der Waals surface area contributed by atoms with Crippen LogP contribution in [0, 0.1) is 0 Å². The van der Waals surface area contributed by atoms with Gasteiger partial charge in [0.2, 0.25) is 6.79 Å². The molecule has 4 rings (SSSR count). The van der Waals surface area contributed by atoms with E-state index in [-0.39, 0.29) is 30.7 Å². The van der Waals surface area contributed by atoms with E-state index in [2.05, 4.69) is 10.1 Å². The number of ether oxygens (including phenoxy) is 4. The van der Waals surface area contributed by atoms with E-state index in [9.17, 15) is 13.6 Å². The lowest BCUT2D eigenvalue weighted by molar-refractivity contribution is -0.0514. The molecule has 29 heavy (non-hydrogen) atoms. The second kappa shape index (κ2) is 7.98. The molecule has 2 heterocycles. The van der Waals surface area contributed by atoms with Crippen LogP contribution in [0.25, 0.3) is 5.70 Å². The van der Waals surface area contributed by atoms with Crippen molar-refractivity contribution in [3.63, 3.8) is 0 Å². The first-order valence-electron chi connectivity index (χ1n) is 9.19. The number of alkyl halides is 2. The van der Waals surface area contributed by atoms with Crippen LogP contribution in [0.2, 0.25) is 0 Å². The second-order valence-corrected chi connectivity index (χ2v) is 6.43. The summed E-state index contributed by atoms with van der Waals surface area (Å²) in [5.74, 6) is 1.03. The third-order valence-corrected chi connectivity index (χ3v) is 4.62. The Morgan fingerprint density at radius 2 is 2.00 bits per heavy atom. The maximum atomic E-state index is 12.8. The summed E-state index contributed by atoms with van der Waals surface area (Å²) in [6.07, 6.45) is 2.28. The molecule has 0 aliphatic carbocycles. The molecule has 0 saturated carbocycles. The van der Waals surface area contributed by atoms with Crippen LogP contribution < -0.4 is 24.3 Å². The fourth-order valence-electron chi connectivity index (χ4n) is 3.33. The average molecular weight is 403 g/mol. The summed E-state index contributed by atoms with van der Waals surface area (Å²) >= 11 is 0. The third-order valence-electron chi connectivity index (χ3n) is 4.62. The number of allylic oxidation sites excluding steroid dienone is 1. The second-order valence-electron chi connectivity index (χ2n) is 6.43. The SMILES string of the molecule is CCOc1cc(C(=O)C=C2NCCc3cc4c(cc32)OCO4)ccc1OC(F)F. The smallest absolute Gasteiger partial charge is 0.387 e. The van der Waals surface area contributed by atoms with Gasteiger partial charge in [0.25, 0.3) is 0 Å². The largest absolute Gasteiger partial charge is 0.490 e. The zero-order chi connectivity index (χ0) is 20.4. The first-order chi connectivity index (χ1) is 14.0. The molecule has 0 bridgehead atoms. The molecule has 0 spiro atoms. The minimum Gasteiger partial charge on any atom is -0.490 e. The number of nitrogens with one attached hydrogen (secondary N) is 1. The maximum Gasteiger partial charge on any atom is 0.387 e. The van der Waals surface area contributed by atoms with E-state index in [1.807, 2.05) is 12.1 Å². The molecule has 0 amide bonds. The minimum atomic E-state index is -2.98. The van der Waals surface area contributed by atoms with Gasteiger partial charge in [-0.05, 0) is 49.2 Å². The van der Waals surface area contributed by atoms with Gasteiger partial charge in [0.05, 0.1) is 6.61 Å². The van der Waals surface area contributed by atoms with Gasteiger partial charge in [-0.25, -0.2) is 0 Å². The Morgan fingerprint density at radius 3 is 2.76 bits per heavy atom. The average Bonchev–Trinajstić information content (AvgIpc) is 3.15. The van der Waals surface area contributed by atoms with E-state index in [4.69, 9.17) is 14.2 Å². The third kappa shape index (κ3) is 3.96. The summed E-state index contributed by atoms with van der Waals surface area (Å²) in [7, 11) is 0. The van der Waals surface area contributed by atoms with Crippen LogP contribution in [0.15, 0.2) is 36.4 Å². The van der Waals surface area contributed by atoms with Gasteiger partial charge in [0.15, 0.2) is 28.8 Å². The van der Waals surface area contributed by atoms with Gasteiger partial charge in [-0.15, -0.1) is 0 Å². The summed E-state index contributed by atoms with van der Waals surface area (Å²) < 4.78 is 45.8. The van der Waals surface area contributed by atoms with E-state index >= 15 is 0 Å². The van der Waals surface area contributed by atoms with Crippen molar-refractivity contribution in [2.75, 3.05) is 19.9 Å². The first-order valence-corrected chi connectivity index (χ1v) is 9.19. The molecule has 6 nitrogen and oxygen atoms in total. The van der Waals surface area contributed by atoms with Crippen molar-refractivity contribution < 1.29 is 32.5 Å². The lowest BCUT2D eigenvalue weighted by atomic mass is 9.95. The molecule has 0 unspecified atom stereocenters. The predicted octanol–water partition coefficient (Wildman–Crippen LogP) is 3.78. The Labute approximate surface area is 166 Å². The number of rotatable bonds is 6. The summed E-state index contributed by atoms with van der Waals surface area (Å²) in [6, 6.07) is 7.94. The standard InChI is InChI=1S/C21H19F2NO5/c1-2-26-18-8-13(3-4-17(18)29-21(22)23)16(25)10-15-14-9-20-19(27-11-28-20)7-12(14)5-6-24-15/h3-4,7-10,21,24H,2,5-6,11H2,1H3. The number of hydrogen-bond acceptors (Lipinski definition) is 6. The van der Waals surface area contributed by atoms with Crippen LogP contribution in [-0.2, 0) is 6.42 Å². The van der Waals surface area contributed by atoms with E-state index in [1.165, 1.54) is 24.3 Å². The van der Waals surface area contributed by atoms with Crippen LogP contribution in [0.1, 0.15) is 28.4 Å². The molecule has 1 N–H and O–H groups in total. The molecule has 0 fully saturated rings. The zero-order valence-electron chi connectivity index (χ0n) is 15.7. The molecule has 0 radical (unpaired) electrons. The van der Waals surface area contributed by atoms with Crippen molar-refractivity contribution in [1.82, 2.24) is 5.32 Å². The summed E-state index contributed by atoms with van der Waals surface area (Å²) in [5, 5.41) is 3.23. The normalized spacial score (nSPS) is 15.8. The van der Waals surface area contributed by atoms with Crippen molar-refractivity contribution in [3.8, 4) is 23.0 Å². The van der Waals surface area contributed by atoms with Crippen molar-refractivity contribution in [2.45, 2.75) is 20.0 Å². The zero-order valence-corrected chi connectivity index (χ0v) is 15.7. The van der Waals surface area contributed by atoms with Crippen molar-refractivity contribution in [3.05, 3.63) is 53.1 Å². The Balaban J connectivity index is 1.64. The molecular weight excluding hydrogens is 384 g/mol. The highest BCUT2D eigenvalue weighted by Gasteiger charge is 2.22. The number of ketones is 1. The van der Waals surface area contributed by atoms with Crippen LogP contribution >= 0.6 is 0 Å². The van der Waals surface area contributed by atoms with Crippen LogP contribution in [0.4, 0.5) is 8.78 Å². The molecule has 2 aromatic carbocycles. The molecular formula is C21H19F2NO5. The monoisotopic (exact) mass is 403 g/mol. The van der Waals surface area contributed by atoms with E-state index in [0.717, 1.165) is 17.5 Å². The molecule has 2 aliphatic heterocycles. The molecule has 0 atom stereocenters. The van der Waals surface area contributed by atoms with E-state index < -0.39 is 6.61 Å². The number of fused-ring (bicyclic) bond motifs is 2. The van der Waals surface area contributed by atoms with Crippen molar-refractivity contribution in [2.24, 2.45) is 0 Å². The van der Waals surface area contributed by atoms with Crippen LogP contribution in [0.3, 0.4) is 0 Å². The Hall–Kier alpha value is -3.29. The molecule has 2 aliphatic rings. The highest BCUT2D eigenvalue weighted by molar-refractivity contribution is 6.09. The molecule has 0 aromatic heterocycles. The fourth-order valence-corrected chi connectivity index (χ4v) is 3.33. The van der Waals surface area contributed by atoms with Gasteiger partial charge in [-0.2, -0.15) is 8.78 Å². The number of hydrogen-bond donors (Lipinski definition) is 1. The van der Waals surface area contributed by atoms with Gasteiger partial charge in [0.1, 0.15) is 0 Å². The molecule has 8 heteroatoms. The summed E-state index contributed by atoms with van der Waals surface area (Å²) in [5.41, 5.74) is 2.90. The summed E-state index contributed by atoms with van der Waals surface area (Å²) in [4.78, 5) is 12.8. The Bertz CT molecular complexity index is 974. The predicted molar refractivity (Wildman–Crippen MR) is 101 cm³/mol. The number of carbonyl (C=O) groups excluding carboxylic acids is 1. The molecule has 0 saturated heterocycles. The van der Waals surface area contributed by atoms with E-state index in [0.29, 0.717) is 29.3 Å². The van der Waals surface area contributed by atoms with Crippen molar-refractivity contribution >= 4 is 11.5 Å². The quantitative estimate of drug-likeness (QED) is 0.585. The topological polar surface area (TPSA) is 66.0 Å². The molecule has 152 valence electrons. The highest BCUT2D eigenvalue weighted by atomic mass is 19.3. The highest BCUT2D eigenvalue weighted by Crippen LogP contribution is 2.38. The molecule has 2 aromatic rings.